The number of anilines is 3. The molecular formula is C15H15FIN3O. The second-order valence-corrected chi connectivity index (χ2v) is 5.57. The highest BCUT2D eigenvalue weighted by molar-refractivity contribution is 14.1. The lowest BCUT2D eigenvalue weighted by Gasteiger charge is -2.12. The number of hydrogen-bond acceptors (Lipinski definition) is 3. The summed E-state index contributed by atoms with van der Waals surface area (Å²) in [5.41, 5.74) is 8.36. The van der Waals surface area contributed by atoms with Crippen LogP contribution in [0.1, 0.15) is 17.3 Å². The quantitative estimate of drug-likeness (QED) is 0.545. The van der Waals surface area contributed by atoms with E-state index < -0.39 is 0 Å². The number of nitrogens with two attached hydrogens (primary N) is 1. The molecule has 2 aromatic rings. The fraction of sp³-hybridized carbons (Fsp3) is 0.133. The highest BCUT2D eigenvalue weighted by atomic mass is 127. The number of benzene rings is 2. The molecule has 110 valence electrons. The van der Waals surface area contributed by atoms with Gasteiger partial charge in [-0.1, -0.05) is 0 Å². The Kier molecular flexibility index (Phi) is 5.00. The molecule has 0 aliphatic heterocycles. The van der Waals surface area contributed by atoms with Gasteiger partial charge in [0.2, 0.25) is 0 Å². The van der Waals surface area contributed by atoms with Gasteiger partial charge in [-0.25, -0.2) is 4.39 Å². The standard InChI is InChI=1S/C15H15FIN3O/c1-2-19-15(21)9-3-5-14(12(18)7-9)20-13-6-4-10(16)8-11(13)17/h3-8,20H,2,18H2,1H3,(H,19,21). The molecular weight excluding hydrogens is 384 g/mol. The fourth-order valence-corrected chi connectivity index (χ4v) is 2.43. The molecule has 0 saturated carbocycles. The first-order chi connectivity index (χ1) is 10.0. The Balaban J connectivity index is 2.23. The van der Waals surface area contributed by atoms with E-state index in [0.717, 1.165) is 9.26 Å². The van der Waals surface area contributed by atoms with Gasteiger partial charge in [0.05, 0.1) is 17.1 Å². The average molecular weight is 399 g/mol. The Labute approximate surface area is 136 Å². The third-order valence-electron chi connectivity index (χ3n) is 2.85. The van der Waals surface area contributed by atoms with Gasteiger partial charge in [-0.05, 0) is 65.9 Å². The van der Waals surface area contributed by atoms with Gasteiger partial charge in [-0.15, -0.1) is 0 Å². The third kappa shape index (κ3) is 3.84. The molecule has 0 radical (unpaired) electrons. The van der Waals surface area contributed by atoms with E-state index in [1.807, 2.05) is 29.5 Å². The Bertz CT molecular complexity index is 676. The summed E-state index contributed by atoms with van der Waals surface area (Å²) in [6.45, 7) is 2.42. The molecule has 0 aliphatic rings. The van der Waals surface area contributed by atoms with Gasteiger partial charge in [0, 0.05) is 15.7 Å². The number of rotatable bonds is 4. The van der Waals surface area contributed by atoms with Gasteiger partial charge in [-0.3, -0.25) is 4.79 Å². The maximum absolute atomic E-state index is 13.1. The zero-order valence-corrected chi connectivity index (χ0v) is 13.6. The predicted molar refractivity (Wildman–Crippen MR) is 91.3 cm³/mol. The molecule has 2 rings (SSSR count). The molecule has 6 heteroatoms. The van der Waals surface area contributed by atoms with Gasteiger partial charge < -0.3 is 16.4 Å². The topological polar surface area (TPSA) is 67.2 Å². The first-order valence-electron chi connectivity index (χ1n) is 6.41. The van der Waals surface area contributed by atoms with Crippen LogP contribution >= 0.6 is 22.6 Å². The van der Waals surface area contributed by atoms with Crippen LogP contribution in [0.3, 0.4) is 0 Å². The van der Waals surface area contributed by atoms with Crippen molar-refractivity contribution in [1.29, 1.82) is 0 Å². The summed E-state index contributed by atoms with van der Waals surface area (Å²) in [5, 5.41) is 5.85. The number of hydrogen-bond donors (Lipinski definition) is 3. The number of nitrogens with one attached hydrogen (secondary N) is 2. The summed E-state index contributed by atoms with van der Waals surface area (Å²) in [6.07, 6.45) is 0. The molecule has 1 amide bonds. The van der Waals surface area contributed by atoms with Crippen molar-refractivity contribution in [3.63, 3.8) is 0 Å². The number of halogens is 2. The van der Waals surface area contributed by atoms with Crippen molar-refractivity contribution in [2.24, 2.45) is 0 Å². The van der Waals surface area contributed by atoms with Gasteiger partial charge >= 0.3 is 0 Å². The van der Waals surface area contributed by atoms with Crippen LogP contribution in [0.5, 0.6) is 0 Å². The van der Waals surface area contributed by atoms with Crippen molar-refractivity contribution < 1.29 is 9.18 Å². The van der Waals surface area contributed by atoms with Gasteiger partial charge in [0.1, 0.15) is 5.82 Å². The smallest absolute Gasteiger partial charge is 0.251 e. The Morgan fingerprint density at radius 1 is 1.24 bits per heavy atom. The van der Waals surface area contributed by atoms with Gasteiger partial charge in [0.25, 0.3) is 5.91 Å². The van der Waals surface area contributed by atoms with Crippen LogP contribution in [-0.4, -0.2) is 12.5 Å². The fourth-order valence-electron chi connectivity index (χ4n) is 1.82. The van der Waals surface area contributed by atoms with Crippen LogP contribution in [0, 0.1) is 9.39 Å². The Morgan fingerprint density at radius 3 is 2.57 bits per heavy atom. The lowest BCUT2D eigenvalue weighted by atomic mass is 10.1. The molecule has 4 N–H and O–H groups in total. The van der Waals surface area contributed by atoms with E-state index in [-0.39, 0.29) is 11.7 Å². The third-order valence-corrected chi connectivity index (χ3v) is 3.74. The first kappa shape index (κ1) is 15.6. The monoisotopic (exact) mass is 399 g/mol. The molecule has 0 spiro atoms. The van der Waals surface area contributed by atoms with Crippen molar-refractivity contribution in [2.75, 3.05) is 17.6 Å². The number of amides is 1. The molecule has 4 nitrogen and oxygen atoms in total. The van der Waals surface area contributed by atoms with E-state index in [1.165, 1.54) is 12.1 Å². The molecule has 0 fully saturated rings. The van der Waals surface area contributed by atoms with Crippen LogP contribution in [0.2, 0.25) is 0 Å². The van der Waals surface area contributed by atoms with Crippen LogP contribution in [0.25, 0.3) is 0 Å². The zero-order chi connectivity index (χ0) is 15.4. The van der Waals surface area contributed by atoms with Crippen molar-refractivity contribution in [1.82, 2.24) is 5.32 Å². The largest absolute Gasteiger partial charge is 0.397 e. The van der Waals surface area contributed by atoms with Crippen LogP contribution in [0.4, 0.5) is 21.5 Å². The summed E-state index contributed by atoms with van der Waals surface area (Å²) < 4.78 is 13.8. The maximum atomic E-state index is 13.1. The molecule has 0 bridgehead atoms. The second-order valence-electron chi connectivity index (χ2n) is 4.41. The minimum atomic E-state index is -0.287. The highest BCUT2D eigenvalue weighted by Crippen LogP contribution is 2.27. The molecule has 0 unspecified atom stereocenters. The van der Waals surface area contributed by atoms with Crippen molar-refractivity contribution in [2.45, 2.75) is 6.92 Å². The van der Waals surface area contributed by atoms with Crippen LogP contribution in [-0.2, 0) is 0 Å². The SMILES string of the molecule is CCNC(=O)c1ccc(Nc2ccc(F)cc2I)c(N)c1. The summed E-state index contributed by atoms with van der Waals surface area (Å²) in [5.74, 6) is -0.448. The van der Waals surface area contributed by atoms with Crippen molar-refractivity contribution in [3.05, 3.63) is 51.3 Å². The molecule has 2 aromatic carbocycles. The molecule has 0 aliphatic carbocycles. The summed E-state index contributed by atoms with van der Waals surface area (Å²) >= 11 is 2.05. The van der Waals surface area contributed by atoms with Crippen LogP contribution in [0.15, 0.2) is 36.4 Å². The summed E-state index contributed by atoms with van der Waals surface area (Å²) in [7, 11) is 0. The van der Waals surface area contributed by atoms with E-state index in [1.54, 1.807) is 24.3 Å². The van der Waals surface area contributed by atoms with Crippen LogP contribution < -0.4 is 16.4 Å². The molecule has 0 aromatic heterocycles. The molecule has 0 atom stereocenters. The number of carbonyl (C=O) groups is 1. The summed E-state index contributed by atoms with van der Waals surface area (Å²) in [4.78, 5) is 11.7. The normalized spacial score (nSPS) is 10.2. The first-order valence-corrected chi connectivity index (χ1v) is 7.49. The van der Waals surface area contributed by atoms with Crippen molar-refractivity contribution in [3.8, 4) is 0 Å². The van der Waals surface area contributed by atoms with E-state index in [9.17, 15) is 9.18 Å². The van der Waals surface area contributed by atoms with Crippen molar-refractivity contribution >= 4 is 45.6 Å². The Hall–Kier alpha value is -1.83. The van der Waals surface area contributed by atoms with E-state index >= 15 is 0 Å². The predicted octanol–water partition coefficient (Wildman–Crippen LogP) is 3.51. The molecule has 21 heavy (non-hydrogen) atoms. The molecule has 0 saturated heterocycles. The minimum Gasteiger partial charge on any atom is -0.397 e. The number of carbonyl (C=O) groups excluding carboxylic acids is 1. The lowest BCUT2D eigenvalue weighted by molar-refractivity contribution is 0.0956. The molecule has 0 heterocycles. The van der Waals surface area contributed by atoms with E-state index in [0.29, 0.717) is 23.5 Å². The minimum absolute atomic E-state index is 0.160. The average Bonchev–Trinajstić information content (AvgIpc) is 2.44. The maximum Gasteiger partial charge on any atom is 0.251 e. The van der Waals surface area contributed by atoms with E-state index in [4.69, 9.17) is 5.73 Å². The summed E-state index contributed by atoms with van der Waals surface area (Å²) in [6, 6.07) is 9.50. The zero-order valence-electron chi connectivity index (χ0n) is 11.4. The lowest BCUT2D eigenvalue weighted by Crippen LogP contribution is -2.22. The van der Waals surface area contributed by atoms with Gasteiger partial charge in [0.15, 0.2) is 0 Å². The number of nitrogen functional groups attached to an aromatic ring is 1. The second kappa shape index (κ2) is 6.75. The highest BCUT2D eigenvalue weighted by Gasteiger charge is 2.09. The van der Waals surface area contributed by atoms with E-state index in [2.05, 4.69) is 10.6 Å². The van der Waals surface area contributed by atoms with Gasteiger partial charge in [-0.2, -0.15) is 0 Å². The Morgan fingerprint density at radius 2 is 1.95 bits per heavy atom.